The Morgan fingerprint density at radius 1 is 1.44 bits per heavy atom. The molecule has 0 heterocycles. The van der Waals surface area contributed by atoms with Gasteiger partial charge in [-0.1, -0.05) is 0 Å². The number of halogens is 4. The molecular weight excluding hydrogens is 160 g/mol. The summed E-state index contributed by atoms with van der Waals surface area (Å²) in [6, 6.07) is -3.94. The van der Waals surface area contributed by atoms with Gasteiger partial charge in [0.05, 0.1) is 0 Å². The minimum atomic E-state index is -4.24. The Bertz CT molecular complexity index is 166. The molecule has 0 bridgehead atoms. The van der Waals surface area contributed by atoms with Crippen LogP contribution in [0.1, 0.15) is 0 Å². The maximum atomic E-state index is 11.4. The first-order valence-electron chi connectivity index (χ1n) is 1.57. The van der Waals surface area contributed by atoms with Crippen molar-refractivity contribution in [1.29, 1.82) is 5.26 Å². The number of nitriles is 1. The van der Waals surface area contributed by atoms with Crippen LogP contribution < -0.4 is 0 Å². The number of nitrogens with zero attached hydrogens (tertiary/aromatic N) is 2. The summed E-state index contributed by atoms with van der Waals surface area (Å²) in [6.07, 6.45) is 0. The second-order valence-corrected chi connectivity index (χ2v) is 1.52. The highest BCUT2D eigenvalue weighted by molar-refractivity contribution is 7.76. The molecule has 52 valence electrons. The zero-order valence-electron chi connectivity index (χ0n) is 3.81. The lowest BCUT2D eigenvalue weighted by Gasteiger charge is -1.94. The molecule has 0 N–H and O–H groups in total. The molecule has 0 atom stereocenters. The molecule has 0 saturated carbocycles. The molecule has 2 nitrogen and oxygen atoms in total. The van der Waals surface area contributed by atoms with Gasteiger partial charge in [-0.15, -0.1) is 12.1 Å². The Hall–Kier alpha value is -0.640. The van der Waals surface area contributed by atoms with Crippen molar-refractivity contribution in [3.8, 4) is 6.07 Å². The van der Waals surface area contributed by atoms with Crippen LogP contribution >= 0.6 is 0 Å². The van der Waals surface area contributed by atoms with Gasteiger partial charge in [0.1, 0.15) is 0 Å². The van der Waals surface area contributed by atoms with Crippen LogP contribution in [0.15, 0.2) is 4.36 Å². The van der Waals surface area contributed by atoms with E-state index in [4.69, 9.17) is 5.26 Å². The van der Waals surface area contributed by atoms with Crippen LogP contribution in [0, 0.1) is 11.3 Å². The minimum Gasteiger partial charge on any atom is -0.189 e. The average Bonchev–Trinajstić information content (AvgIpc) is 1.63. The summed E-state index contributed by atoms with van der Waals surface area (Å²) in [5, 5.41) is 7.42. The summed E-state index contributed by atoms with van der Waals surface area (Å²) in [7, 11) is 0. The molecule has 0 aliphatic rings. The SMILES string of the molecule is N#CC(F)(F)N=S(F)F. The summed E-state index contributed by atoms with van der Waals surface area (Å²) in [5.41, 5.74) is 0. The molecule has 0 aromatic rings. The number of hydrogen-bond acceptors (Lipinski definition) is 2. The lowest BCUT2D eigenvalue weighted by Crippen LogP contribution is -2.07. The third-order valence-corrected chi connectivity index (χ3v) is 0.685. The van der Waals surface area contributed by atoms with Gasteiger partial charge in [-0.2, -0.15) is 14.0 Å². The molecule has 9 heavy (non-hydrogen) atoms. The van der Waals surface area contributed by atoms with E-state index in [1.54, 1.807) is 0 Å². The van der Waals surface area contributed by atoms with Crippen molar-refractivity contribution >= 4 is 11.5 Å². The fourth-order valence-corrected chi connectivity index (χ4v) is 0.321. The van der Waals surface area contributed by atoms with Crippen LogP contribution in [0.4, 0.5) is 16.6 Å². The quantitative estimate of drug-likeness (QED) is 0.424. The van der Waals surface area contributed by atoms with E-state index in [1.807, 2.05) is 0 Å². The van der Waals surface area contributed by atoms with Gasteiger partial charge in [0.25, 0.3) is 11.5 Å². The summed E-state index contributed by atoms with van der Waals surface area (Å²) < 4.78 is 46.2. The third-order valence-electron chi connectivity index (χ3n) is 0.318. The molecule has 7 heteroatoms. The van der Waals surface area contributed by atoms with Gasteiger partial charge in [-0.05, 0) is 0 Å². The molecule has 0 aliphatic heterocycles. The van der Waals surface area contributed by atoms with Crippen LogP contribution in [-0.4, -0.2) is 6.05 Å². The first kappa shape index (κ1) is 8.36. The standard InChI is InChI=1S/C2F4N2S/c3-2(4,1-7)8-9(5)6. The van der Waals surface area contributed by atoms with Crippen molar-refractivity contribution in [3.05, 3.63) is 0 Å². The molecule has 0 fully saturated rings. The molecule has 0 saturated heterocycles. The highest BCUT2D eigenvalue weighted by atomic mass is 32.2. The maximum Gasteiger partial charge on any atom is 0.441 e. The van der Waals surface area contributed by atoms with E-state index in [2.05, 4.69) is 0 Å². The second kappa shape index (κ2) is 2.77. The Labute approximate surface area is 50.8 Å². The molecule has 0 unspecified atom stereocenters. The normalized spacial score (nSPS) is 11.1. The maximum absolute atomic E-state index is 11.4. The molecule has 0 aromatic heterocycles. The Morgan fingerprint density at radius 3 is 2.00 bits per heavy atom. The van der Waals surface area contributed by atoms with Crippen LogP contribution in [0.25, 0.3) is 0 Å². The van der Waals surface area contributed by atoms with Crippen molar-refractivity contribution in [1.82, 2.24) is 0 Å². The summed E-state index contributed by atoms with van der Waals surface area (Å²) >= 11 is -3.73. The monoisotopic (exact) mass is 160 g/mol. The van der Waals surface area contributed by atoms with Gasteiger partial charge in [0.15, 0.2) is 6.07 Å². The molecule has 0 aromatic carbocycles. The van der Waals surface area contributed by atoms with Crippen molar-refractivity contribution in [3.63, 3.8) is 0 Å². The smallest absolute Gasteiger partial charge is 0.189 e. The highest BCUT2D eigenvalue weighted by Crippen LogP contribution is 2.15. The predicted molar refractivity (Wildman–Crippen MR) is 22.6 cm³/mol. The average molecular weight is 160 g/mol. The zero-order valence-corrected chi connectivity index (χ0v) is 4.63. The Morgan fingerprint density at radius 2 is 1.89 bits per heavy atom. The lowest BCUT2D eigenvalue weighted by atomic mass is 10.7. The summed E-state index contributed by atoms with van der Waals surface area (Å²) in [4.78, 5) is 0. The van der Waals surface area contributed by atoms with Gasteiger partial charge >= 0.3 is 6.05 Å². The van der Waals surface area contributed by atoms with Crippen LogP contribution in [-0.2, 0) is 11.5 Å². The predicted octanol–water partition coefficient (Wildman–Crippen LogP) is 1.67. The molecule has 0 spiro atoms. The van der Waals surface area contributed by atoms with Crippen LogP contribution in [0.5, 0.6) is 0 Å². The third kappa shape index (κ3) is 3.90. The van der Waals surface area contributed by atoms with Gasteiger partial charge in [0.2, 0.25) is 0 Å². The van der Waals surface area contributed by atoms with Gasteiger partial charge in [0, 0.05) is 0 Å². The fraction of sp³-hybridized carbons (Fsp3) is 0.500. The van der Waals surface area contributed by atoms with Gasteiger partial charge in [-0.25, -0.2) is 0 Å². The van der Waals surface area contributed by atoms with E-state index in [0.717, 1.165) is 0 Å². The minimum absolute atomic E-state index is 0.300. The molecule has 0 aliphatic carbocycles. The van der Waals surface area contributed by atoms with E-state index in [0.29, 0.717) is 6.07 Å². The van der Waals surface area contributed by atoms with Crippen molar-refractivity contribution in [2.75, 3.05) is 0 Å². The van der Waals surface area contributed by atoms with Crippen molar-refractivity contribution < 1.29 is 16.6 Å². The first-order chi connectivity index (χ1) is 3.98. The molecular formula is C2F4N2S. The van der Waals surface area contributed by atoms with E-state index in [9.17, 15) is 16.6 Å². The van der Waals surface area contributed by atoms with Crippen molar-refractivity contribution in [2.24, 2.45) is 4.36 Å². The Balaban J connectivity index is 4.24. The summed E-state index contributed by atoms with van der Waals surface area (Å²) in [6.45, 7) is 0. The van der Waals surface area contributed by atoms with Crippen LogP contribution in [0.2, 0.25) is 0 Å². The number of hydrogen-bond donors (Lipinski definition) is 0. The zero-order chi connectivity index (χ0) is 7.49. The van der Waals surface area contributed by atoms with E-state index in [1.165, 1.54) is 4.36 Å². The van der Waals surface area contributed by atoms with E-state index < -0.39 is 17.5 Å². The summed E-state index contributed by atoms with van der Waals surface area (Å²) in [5.74, 6) is 0. The van der Waals surface area contributed by atoms with Crippen LogP contribution in [0.3, 0.4) is 0 Å². The largest absolute Gasteiger partial charge is 0.441 e. The lowest BCUT2D eigenvalue weighted by molar-refractivity contribution is 0.0767. The number of rotatable bonds is 1. The van der Waals surface area contributed by atoms with E-state index >= 15 is 0 Å². The van der Waals surface area contributed by atoms with Gasteiger partial charge in [-0.3, -0.25) is 0 Å². The Kier molecular flexibility index (Phi) is 2.58. The number of alkyl halides is 2. The molecule has 0 radical (unpaired) electrons. The van der Waals surface area contributed by atoms with Crippen molar-refractivity contribution in [2.45, 2.75) is 6.05 Å². The highest BCUT2D eigenvalue weighted by Gasteiger charge is 2.28. The first-order valence-corrected chi connectivity index (χ1v) is 2.55. The second-order valence-electron chi connectivity index (χ2n) is 0.941. The molecule has 0 rings (SSSR count). The molecule has 0 amide bonds. The van der Waals surface area contributed by atoms with E-state index in [-0.39, 0.29) is 0 Å². The topological polar surface area (TPSA) is 36.1 Å². The van der Waals surface area contributed by atoms with Gasteiger partial charge < -0.3 is 0 Å². The fourth-order valence-electron chi connectivity index (χ4n) is 0.107.